The molecule has 0 aliphatic carbocycles. The van der Waals surface area contributed by atoms with E-state index >= 15 is 0 Å². The van der Waals surface area contributed by atoms with Gasteiger partial charge in [-0.05, 0) is 43.7 Å². The van der Waals surface area contributed by atoms with Crippen LogP contribution in [0.25, 0.3) is 0 Å². The fourth-order valence-electron chi connectivity index (χ4n) is 2.10. The molecule has 1 unspecified atom stereocenters. The zero-order chi connectivity index (χ0) is 14.0. The molecule has 0 amide bonds. The van der Waals surface area contributed by atoms with E-state index in [4.69, 9.17) is 17.3 Å². The Kier molecular flexibility index (Phi) is 4.45. The van der Waals surface area contributed by atoms with Crippen LogP contribution in [0.2, 0.25) is 5.02 Å². The molecule has 2 rings (SSSR count). The molecule has 0 saturated heterocycles. The second-order valence-electron chi connectivity index (χ2n) is 4.46. The fourth-order valence-corrected chi connectivity index (χ4v) is 3.31. The van der Waals surface area contributed by atoms with Gasteiger partial charge in [0.05, 0.1) is 6.04 Å². The SMILES string of the molecule is Cc1cc(C(CN)Nc2cc(F)cc(Cl)c2)c(C)s1. The molecule has 5 heteroatoms. The molecular weight excluding hydrogens is 283 g/mol. The zero-order valence-corrected chi connectivity index (χ0v) is 12.4. The summed E-state index contributed by atoms with van der Waals surface area (Å²) >= 11 is 7.58. The Hall–Kier alpha value is -1.10. The van der Waals surface area contributed by atoms with E-state index in [2.05, 4.69) is 25.2 Å². The van der Waals surface area contributed by atoms with Gasteiger partial charge in [-0.3, -0.25) is 0 Å². The Morgan fingerprint density at radius 3 is 2.58 bits per heavy atom. The Balaban J connectivity index is 2.26. The van der Waals surface area contributed by atoms with E-state index in [9.17, 15) is 4.39 Å². The van der Waals surface area contributed by atoms with Crippen molar-refractivity contribution < 1.29 is 4.39 Å². The van der Waals surface area contributed by atoms with Crippen LogP contribution in [0.4, 0.5) is 10.1 Å². The number of benzene rings is 1. The van der Waals surface area contributed by atoms with Crippen molar-refractivity contribution in [2.75, 3.05) is 11.9 Å². The van der Waals surface area contributed by atoms with Crippen molar-refractivity contribution in [2.24, 2.45) is 5.73 Å². The van der Waals surface area contributed by atoms with Gasteiger partial charge in [0.25, 0.3) is 0 Å². The molecule has 0 radical (unpaired) electrons. The van der Waals surface area contributed by atoms with Crippen molar-refractivity contribution in [3.8, 4) is 0 Å². The molecule has 102 valence electrons. The predicted octanol–water partition coefficient (Wildman–Crippen LogP) is 4.27. The molecule has 3 N–H and O–H groups in total. The maximum Gasteiger partial charge on any atom is 0.126 e. The minimum Gasteiger partial charge on any atom is -0.377 e. The van der Waals surface area contributed by atoms with E-state index in [0.29, 0.717) is 17.3 Å². The number of nitrogens with two attached hydrogens (primary N) is 1. The Morgan fingerprint density at radius 2 is 2.05 bits per heavy atom. The maximum atomic E-state index is 13.3. The van der Waals surface area contributed by atoms with Gasteiger partial charge in [0.2, 0.25) is 0 Å². The van der Waals surface area contributed by atoms with Gasteiger partial charge in [-0.15, -0.1) is 11.3 Å². The molecule has 0 aliphatic rings. The summed E-state index contributed by atoms with van der Waals surface area (Å²) < 4.78 is 13.3. The second kappa shape index (κ2) is 5.90. The molecular formula is C14H16ClFN2S. The number of hydrogen-bond acceptors (Lipinski definition) is 3. The lowest BCUT2D eigenvalue weighted by Crippen LogP contribution is -2.20. The van der Waals surface area contributed by atoms with Gasteiger partial charge in [-0.1, -0.05) is 11.6 Å². The monoisotopic (exact) mass is 298 g/mol. The van der Waals surface area contributed by atoms with Crippen LogP contribution in [0.15, 0.2) is 24.3 Å². The van der Waals surface area contributed by atoms with Crippen LogP contribution in [-0.2, 0) is 0 Å². The Bertz CT molecular complexity index is 563. The number of halogens is 2. The maximum absolute atomic E-state index is 13.3. The quantitative estimate of drug-likeness (QED) is 0.884. The lowest BCUT2D eigenvalue weighted by molar-refractivity contribution is 0.627. The first-order valence-electron chi connectivity index (χ1n) is 5.99. The van der Waals surface area contributed by atoms with Crippen LogP contribution in [0.5, 0.6) is 0 Å². The average Bonchev–Trinajstić information content (AvgIpc) is 2.64. The van der Waals surface area contributed by atoms with Crippen LogP contribution < -0.4 is 11.1 Å². The number of anilines is 1. The van der Waals surface area contributed by atoms with Gasteiger partial charge < -0.3 is 11.1 Å². The van der Waals surface area contributed by atoms with Crippen molar-refractivity contribution in [2.45, 2.75) is 19.9 Å². The lowest BCUT2D eigenvalue weighted by atomic mass is 10.1. The van der Waals surface area contributed by atoms with Crippen molar-refractivity contribution in [3.63, 3.8) is 0 Å². The van der Waals surface area contributed by atoms with Crippen LogP contribution in [0.1, 0.15) is 21.4 Å². The highest BCUT2D eigenvalue weighted by molar-refractivity contribution is 7.12. The largest absolute Gasteiger partial charge is 0.377 e. The van der Waals surface area contributed by atoms with Gasteiger partial charge >= 0.3 is 0 Å². The lowest BCUT2D eigenvalue weighted by Gasteiger charge is -2.18. The molecule has 2 aromatic rings. The van der Waals surface area contributed by atoms with E-state index < -0.39 is 0 Å². The topological polar surface area (TPSA) is 38.0 Å². The van der Waals surface area contributed by atoms with Crippen LogP contribution >= 0.6 is 22.9 Å². The number of rotatable bonds is 4. The Morgan fingerprint density at radius 1 is 1.32 bits per heavy atom. The van der Waals surface area contributed by atoms with E-state index in [-0.39, 0.29) is 11.9 Å². The highest BCUT2D eigenvalue weighted by Crippen LogP contribution is 2.29. The van der Waals surface area contributed by atoms with E-state index in [1.54, 1.807) is 17.4 Å². The molecule has 1 atom stereocenters. The van der Waals surface area contributed by atoms with E-state index in [1.807, 2.05) is 0 Å². The summed E-state index contributed by atoms with van der Waals surface area (Å²) in [7, 11) is 0. The molecule has 0 bridgehead atoms. The zero-order valence-electron chi connectivity index (χ0n) is 10.8. The molecule has 1 heterocycles. The Labute approximate surface area is 121 Å². The number of nitrogens with one attached hydrogen (secondary N) is 1. The van der Waals surface area contributed by atoms with Gasteiger partial charge in [0.1, 0.15) is 5.82 Å². The summed E-state index contributed by atoms with van der Waals surface area (Å²) in [4.78, 5) is 2.47. The first-order chi connectivity index (χ1) is 8.99. The van der Waals surface area contributed by atoms with Gasteiger partial charge in [-0.25, -0.2) is 4.39 Å². The third-order valence-electron chi connectivity index (χ3n) is 2.89. The summed E-state index contributed by atoms with van der Waals surface area (Å²) in [5.41, 5.74) is 7.62. The molecule has 2 nitrogen and oxygen atoms in total. The minimum atomic E-state index is -0.357. The average molecular weight is 299 g/mol. The van der Waals surface area contributed by atoms with E-state index in [1.165, 1.54) is 21.9 Å². The van der Waals surface area contributed by atoms with Gasteiger partial charge in [0.15, 0.2) is 0 Å². The fraction of sp³-hybridized carbons (Fsp3) is 0.286. The summed E-state index contributed by atoms with van der Waals surface area (Å²) in [6.45, 7) is 4.56. The normalized spacial score (nSPS) is 12.5. The molecule has 0 aliphatic heterocycles. The summed E-state index contributed by atoms with van der Waals surface area (Å²) in [5.74, 6) is -0.357. The second-order valence-corrected chi connectivity index (χ2v) is 6.36. The van der Waals surface area contributed by atoms with Crippen molar-refractivity contribution in [3.05, 3.63) is 50.4 Å². The third-order valence-corrected chi connectivity index (χ3v) is 4.09. The van der Waals surface area contributed by atoms with Gasteiger partial charge in [-0.2, -0.15) is 0 Å². The van der Waals surface area contributed by atoms with Crippen molar-refractivity contribution >= 4 is 28.6 Å². The van der Waals surface area contributed by atoms with Crippen molar-refractivity contribution in [1.82, 2.24) is 0 Å². The smallest absolute Gasteiger partial charge is 0.126 e. The molecule has 0 spiro atoms. The van der Waals surface area contributed by atoms with Gasteiger partial charge in [0, 0.05) is 27.0 Å². The van der Waals surface area contributed by atoms with Crippen LogP contribution in [0, 0.1) is 19.7 Å². The molecule has 0 saturated carbocycles. The third kappa shape index (κ3) is 3.47. The first-order valence-corrected chi connectivity index (χ1v) is 7.18. The number of hydrogen-bond donors (Lipinski definition) is 2. The van der Waals surface area contributed by atoms with E-state index in [0.717, 1.165) is 5.56 Å². The number of thiophene rings is 1. The predicted molar refractivity (Wildman–Crippen MR) is 80.6 cm³/mol. The molecule has 19 heavy (non-hydrogen) atoms. The minimum absolute atomic E-state index is 0.0391. The standard InChI is InChI=1S/C14H16ClFN2S/c1-8-3-13(9(2)19-8)14(7-17)18-12-5-10(15)4-11(16)6-12/h3-6,14,18H,7,17H2,1-2H3. The highest BCUT2D eigenvalue weighted by Gasteiger charge is 2.15. The van der Waals surface area contributed by atoms with Crippen LogP contribution in [0.3, 0.4) is 0 Å². The summed E-state index contributed by atoms with van der Waals surface area (Å²) in [6, 6.07) is 6.48. The highest BCUT2D eigenvalue weighted by atomic mass is 35.5. The molecule has 1 aromatic carbocycles. The summed E-state index contributed by atoms with van der Waals surface area (Å²) in [6.07, 6.45) is 0. The molecule has 1 aromatic heterocycles. The van der Waals surface area contributed by atoms with Crippen molar-refractivity contribution in [1.29, 1.82) is 0 Å². The van der Waals surface area contributed by atoms with Crippen LogP contribution in [-0.4, -0.2) is 6.54 Å². The first kappa shape index (κ1) is 14.3. The molecule has 0 fully saturated rings. The summed E-state index contributed by atoms with van der Waals surface area (Å²) in [5, 5.41) is 3.61. The number of aryl methyl sites for hydroxylation is 2.